The van der Waals surface area contributed by atoms with E-state index in [1.165, 1.54) is 0 Å². The Bertz CT molecular complexity index is 652. The fourth-order valence-corrected chi connectivity index (χ4v) is 4.56. The van der Waals surface area contributed by atoms with E-state index in [2.05, 4.69) is 0 Å². The molecule has 2 aliphatic heterocycles. The van der Waals surface area contributed by atoms with Gasteiger partial charge < -0.3 is 19.3 Å². The van der Waals surface area contributed by atoms with Gasteiger partial charge in [0, 0.05) is 26.1 Å². The number of thioether (sulfide) groups is 1. The molecule has 0 bridgehead atoms. The third-order valence-corrected chi connectivity index (χ3v) is 5.92. The molecule has 2 aliphatic rings. The fourth-order valence-electron chi connectivity index (χ4n) is 3.35. The van der Waals surface area contributed by atoms with Crippen LogP contribution < -0.4 is 9.47 Å². The summed E-state index contributed by atoms with van der Waals surface area (Å²) in [6.07, 6.45) is 2.42. The molecular formula is C18H24N2O4S. The van der Waals surface area contributed by atoms with Gasteiger partial charge in [0.25, 0.3) is 0 Å². The highest BCUT2D eigenvalue weighted by atomic mass is 32.2. The van der Waals surface area contributed by atoms with E-state index in [9.17, 15) is 9.59 Å². The van der Waals surface area contributed by atoms with E-state index in [0.717, 1.165) is 31.5 Å². The second kappa shape index (κ2) is 7.99. The monoisotopic (exact) mass is 364 g/mol. The highest BCUT2D eigenvalue weighted by molar-refractivity contribution is 8.00. The number of benzene rings is 1. The number of hydrogen-bond acceptors (Lipinski definition) is 5. The Morgan fingerprint density at radius 2 is 1.92 bits per heavy atom. The zero-order valence-corrected chi connectivity index (χ0v) is 15.5. The summed E-state index contributed by atoms with van der Waals surface area (Å²) in [5, 5.41) is -0.0124. The SMILES string of the molecule is COc1ccc(C2SCC(=O)N2CCCN2CCCC2=O)cc1OC. The normalized spacial score (nSPS) is 20.5. The molecule has 2 amide bonds. The van der Waals surface area contributed by atoms with Crippen LogP contribution in [0.25, 0.3) is 0 Å². The van der Waals surface area contributed by atoms with Crippen molar-refractivity contribution >= 4 is 23.6 Å². The lowest BCUT2D eigenvalue weighted by Crippen LogP contribution is -2.33. The molecule has 2 saturated heterocycles. The van der Waals surface area contributed by atoms with E-state index in [1.807, 2.05) is 28.0 Å². The summed E-state index contributed by atoms with van der Waals surface area (Å²) in [4.78, 5) is 27.8. The Hall–Kier alpha value is -1.89. The molecule has 136 valence electrons. The molecule has 0 aliphatic carbocycles. The minimum absolute atomic E-state index is 0.0124. The summed E-state index contributed by atoms with van der Waals surface area (Å²) in [5.41, 5.74) is 1.03. The number of hydrogen-bond donors (Lipinski definition) is 0. The zero-order valence-electron chi connectivity index (χ0n) is 14.7. The molecular weight excluding hydrogens is 340 g/mol. The van der Waals surface area contributed by atoms with Crippen LogP contribution in [0.5, 0.6) is 11.5 Å². The molecule has 7 heteroatoms. The van der Waals surface area contributed by atoms with Crippen molar-refractivity contribution in [2.45, 2.75) is 24.6 Å². The summed E-state index contributed by atoms with van der Waals surface area (Å²) < 4.78 is 10.7. The minimum atomic E-state index is -0.0124. The first kappa shape index (κ1) is 17.9. The summed E-state index contributed by atoms with van der Waals surface area (Å²) in [7, 11) is 3.22. The van der Waals surface area contributed by atoms with Gasteiger partial charge in [-0.2, -0.15) is 0 Å². The van der Waals surface area contributed by atoms with E-state index in [-0.39, 0.29) is 17.2 Å². The van der Waals surface area contributed by atoms with Crippen LogP contribution in [0.3, 0.4) is 0 Å². The maximum absolute atomic E-state index is 12.3. The fraction of sp³-hybridized carbons (Fsp3) is 0.556. The lowest BCUT2D eigenvalue weighted by Gasteiger charge is -2.26. The zero-order chi connectivity index (χ0) is 17.8. The Kier molecular flexibility index (Phi) is 5.73. The summed E-state index contributed by atoms with van der Waals surface area (Å²) in [6.45, 7) is 2.24. The van der Waals surface area contributed by atoms with E-state index in [0.29, 0.717) is 30.2 Å². The summed E-state index contributed by atoms with van der Waals surface area (Å²) >= 11 is 1.63. The van der Waals surface area contributed by atoms with E-state index in [1.54, 1.807) is 26.0 Å². The molecule has 6 nitrogen and oxygen atoms in total. The van der Waals surface area contributed by atoms with Crippen molar-refractivity contribution in [1.82, 2.24) is 9.80 Å². The predicted molar refractivity (Wildman–Crippen MR) is 96.9 cm³/mol. The number of methoxy groups -OCH3 is 2. The van der Waals surface area contributed by atoms with Crippen LogP contribution in [0.2, 0.25) is 0 Å². The largest absolute Gasteiger partial charge is 0.493 e. The van der Waals surface area contributed by atoms with E-state index in [4.69, 9.17) is 9.47 Å². The molecule has 0 spiro atoms. The van der Waals surface area contributed by atoms with Gasteiger partial charge in [-0.25, -0.2) is 0 Å². The maximum atomic E-state index is 12.3. The van der Waals surface area contributed by atoms with Gasteiger partial charge in [-0.15, -0.1) is 11.8 Å². The molecule has 0 saturated carbocycles. The Morgan fingerprint density at radius 1 is 1.12 bits per heavy atom. The summed E-state index contributed by atoms with van der Waals surface area (Å²) in [5.74, 6) is 2.22. The first-order valence-electron chi connectivity index (χ1n) is 8.55. The third kappa shape index (κ3) is 3.86. The molecule has 3 rings (SSSR count). The highest BCUT2D eigenvalue weighted by Crippen LogP contribution is 2.41. The van der Waals surface area contributed by atoms with Gasteiger partial charge in [-0.05, 0) is 30.5 Å². The third-order valence-electron chi connectivity index (χ3n) is 4.66. The van der Waals surface area contributed by atoms with E-state index >= 15 is 0 Å². The molecule has 1 aromatic carbocycles. The Morgan fingerprint density at radius 3 is 2.60 bits per heavy atom. The molecule has 1 atom stereocenters. The van der Waals surface area contributed by atoms with Crippen molar-refractivity contribution in [3.63, 3.8) is 0 Å². The topological polar surface area (TPSA) is 59.1 Å². The van der Waals surface area contributed by atoms with Gasteiger partial charge in [-0.3, -0.25) is 9.59 Å². The molecule has 0 aromatic heterocycles. The lowest BCUT2D eigenvalue weighted by atomic mass is 10.1. The minimum Gasteiger partial charge on any atom is -0.493 e. The molecule has 25 heavy (non-hydrogen) atoms. The standard InChI is InChI=1S/C18H24N2O4S/c1-23-14-7-6-13(11-15(14)24-2)18-20(17(22)12-25-18)10-4-9-19-8-3-5-16(19)21/h6-7,11,18H,3-5,8-10,12H2,1-2H3. The number of carbonyl (C=O) groups excluding carboxylic acids is 2. The predicted octanol–water partition coefficient (Wildman–Crippen LogP) is 2.29. The lowest BCUT2D eigenvalue weighted by molar-refractivity contribution is -0.128. The van der Waals surface area contributed by atoms with Crippen molar-refractivity contribution in [2.24, 2.45) is 0 Å². The van der Waals surface area contributed by atoms with Crippen LogP contribution in [0.1, 0.15) is 30.2 Å². The van der Waals surface area contributed by atoms with E-state index < -0.39 is 0 Å². The summed E-state index contributed by atoms with van der Waals surface area (Å²) in [6, 6.07) is 5.79. The van der Waals surface area contributed by atoms with Gasteiger partial charge in [0.1, 0.15) is 5.37 Å². The average Bonchev–Trinajstić information content (AvgIpc) is 3.20. The van der Waals surface area contributed by atoms with Crippen LogP contribution in [0.4, 0.5) is 0 Å². The number of ether oxygens (including phenoxy) is 2. The molecule has 1 aromatic rings. The van der Waals surface area contributed by atoms with Gasteiger partial charge in [0.15, 0.2) is 11.5 Å². The van der Waals surface area contributed by atoms with Crippen molar-refractivity contribution in [3.05, 3.63) is 23.8 Å². The van der Waals surface area contributed by atoms with Crippen molar-refractivity contribution in [2.75, 3.05) is 39.6 Å². The van der Waals surface area contributed by atoms with Gasteiger partial charge in [-0.1, -0.05) is 6.07 Å². The van der Waals surface area contributed by atoms with Crippen LogP contribution in [0, 0.1) is 0 Å². The number of rotatable bonds is 7. The maximum Gasteiger partial charge on any atom is 0.233 e. The van der Waals surface area contributed by atoms with Crippen LogP contribution >= 0.6 is 11.8 Å². The van der Waals surface area contributed by atoms with Crippen LogP contribution in [-0.2, 0) is 9.59 Å². The van der Waals surface area contributed by atoms with Crippen molar-refractivity contribution in [1.29, 1.82) is 0 Å². The molecule has 0 radical (unpaired) electrons. The molecule has 0 N–H and O–H groups in total. The highest BCUT2D eigenvalue weighted by Gasteiger charge is 2.33. The Labute approximate surface area is 152 Å². The number of nitrogens with zero attached hydrogens (tertiary/aromatic N) is 2. The Balaban J connectivity index is 1.66. The first-order valence-corrected chi connectivity index (χ1v) is 9.59. The quantitative estimate of drug-likeness (QED) is 0.743. The van der Waals surface area contributed by atoms with Gasteiger partial charge in [0.2, 0.25) is 11.8 Å². The average molecular weight is 364 g/mol. The second-order valence-corrected chi connectivity index (χ2v) is 7.27. The van der Waals surface area contributed by atoms with Crippen molar-refractivity contribution in [3.8, 4) is 11.5 Å². The number of carbonyl (C=O) groups is 2. The van der Waals surface area contributed by atoms with Crippen molar-refractivity contribution < 1.29 is 19.1 Å². The molecule has 2 fully saturated rings. The first-order chi connectivity index (χ1) is 12.1. The van der Waals surface area contributed by atoms with Crippen LogP contribution in [0.15, 0.2) is 18.2 Å². The molecule has 2 heterocycles. The second-order valence-electron chi connectivity index (χ2n) is 6.20. The number of amides is 2. The van der Waals surface area contributed by atoms with Gasteiger partial charge in [0.05, 0.1) is 20.0 Å². The van der Waals surface area contributed by atoms with Crippen LogP contribution in [-0.4, -0.2) is 61.2 Å². The smallest absolute Gasteiger partial charge is 0.233 e. The van der Waals surface area contributed by atoms with Gasteiger partial charge >= 0.3 is 0 Å². The molecule has 1 unspecified atom stereocenters. The number of likely N-dealkylation sites (tertiary alicyclic amines) is 1.